The van der Waals surface area contributed by atoms with Crippen LogP contribution in [0.25, 0.3) is 0 Å². The summed E-state index contributed by atoms with van der Waals surface area (Å²) in [5.41, 5.74) is 0.544. The topological polar surface area (TPSA) is 75.1 Å². The van der Waals surface area contributed by atoms with Gasteiger partial charge < -0.3 is 20.3 Å². The minimum atomic E-state index is -3.53. The molecule has 0 spiro atoms. The molecule has 1 saturated heterocycles. The molecule has 1 aromatic carbocycles. The van der Waals surface area contributed by atoms with Crippen LogP contribution in [0.2, 0.25) is 0 Å². The molecule has 146 valence electrons. The van der Waals surface area contributed by atoms with Crippen molar-refractivity contribution in [2.45, 2.75) is 24.7 Å². The van der Waals surface area contributed by atoms with Crippen LogP contribution >= 0.6 is 12.2 Å². The average molecular weight is 402 g/mol. The molecule has 0 unspecified atom stereocenters. The number of sulfonamides is 1. The largest absolute Gasteiger partial charge is 0.495 e. The number of anilines is 1. The molecule has 0 amide bonds. The number of rotatable bonds is 7. The minimum absolute atomic E-state index is 0.247. The molecule has 1 aliphatic heterocycles. The van der Waals surface area contributed by atoms with Gasteiger partial charge in [-0.15, -0.1) is 0 Å². The van der Waals surface area contributed by atoms with Gasteiger partial charge in [-0.05, 0) is 36.8 Å². The second kappa shape index (κ2) is 9.50. The molecule has 7 nitrogen and oxygen atoms in total. The maximum atomic E-state index is 12.9. The molecule has 1 aromatic rings. The predicted molar refractivity (Wildman–Crippen MR) is 108 cm³/mol. The maximum absolute atomic E-state index is 12.9. The SMILES string of the molecule is CCCCNC(=S)Nc1cc(S(=O)(=O)N2CC[NH+](C)CC2)ccc1OC. The van der Waals surface area contributed by atoms with Gasteiger partial charge in [-0.2, -0.15) is 4.31 Å². The van der Waals surface area contributed by atoms with Gasteiger partial charge in [0.2, 0.25) is 10.0 Å². The summed E-state index contributed by atoms with van der Waals surface area (Å²) in [6, 6.07) is 4.83. The first-order valence-corrected chi connectivity index (χ1v) is 10.8. The van der Waals surface area contributed by atoms with Crippen LogP contribution in [0.3, 0.4) is 0 Å². The first kappa shape index (κ1) is 20.9. The van der Waals surface area contributed by atoms with Crippen LogP contribution in [0, 0.1) is 0 Å². The Morgan fingerprint density at radius 3 is 2.65 bits per heavy atom. The number of nitrogens with zero attached hydrogens (tertiary/aromatic N) is 1. The summed E-state index contributed by atoms with van der Waals surface area (Å²) in [5, 5.41) is 6.62. The van der Waals surface area contributed by atoms with E-state index in [1.807, 2.05) is 0 Å². The smallest absolute Gasteiger partial charge is 0.243 e. The highest BCUT2D eigenvalue weighted by molar-refractivity contribution is 7.89. The molecule has 0 atom stereocenters. The number of benzene rings is 1. The van der Waals surface area contributed by atoms with Gasteiger partial charge in [0, 0.05) is 6.54 Å². The summed E-state index contributed by atoms with van der Waals surface area (Å²) < 4.78 is 32.8. The molecule has 0 radical (unpaired) electrons. The van der Waals surface area contributed by atoms with Crippen molar-refractivity contribution in [1.82, 2.24) is 9.62 Å². The molecule has 1 aliphatic rings. The first-order chi connectivity index (χ1) is 12.4. The minimum Gasteiger partial charge on any atom is -0.495 e. The zero-order valence-corrected chi connectivity index (χ0v) is 17.3. The predicted octanol–water partition coefficient (Wildman–Crippen LogP) is 0.301. The van der Waals surface area contributed by atoms with Gasteiger partial charge in [0.05, 0.1) is 50.9 Å². The number of ether oxygens (including phenoxy) is 1. The van der Waals surface area contributed by atoms with Crippen molar-refractivity contribution in [2.75, 3.05) is 52.2 Å². The molecule has 0 aliphatic carbocycles. The first-order valence-electron chi connectivity index (χ1n) is 8.92. The molecule has 1 heterocycles. The zero-order chi connectivity index (χ0) is 19.2. The van der Waals surface area contributed by atoms with E-state index < -0.39 is 10.0 Å². The highest BCUT2D eigenvalue weighted by atomic mass is 32.2. The Hall–Kier alpha value is -1.42. The highest BCUT2D eigenvalue weighted by Gasteiger charge is 2.29. The van der Waals surface area contributed by atoms with Crippen molar-refractivity contribution in [3.05, 3.63) is 18.2 Å². The van der Waals surface area contributed by atoms with Crippen molar-refractivity contribution in [1.29, 1.82) is 0 Å². The fourth-order valence-electron chi connectivity index (χ4n) is 2.75. The number of hydrogen-bond donors (Lipinski definition) is 3. The molecule has 0 aromatic heterocycles. The van der Waals surface area contributed by atoms with Crippen molar-refractivity contribution in [3.8, 4) is 5.75 Å². The van der Waals surface area contributed by atoms with Crippen LogP contribution in [0.15, 0.2) is 23.1 Å². The second-order valence-electron chi connectivity index (χ2n) is 6.46. The number of nitrogens with one attached hydrogen (secondary N) is 3. The van der Waals surface area contributed by atoms with Gasteiger partial charge in [-0.1, -0.05) is 13.3 Å². The number of unbranched alkanes of at least 4 members (excludes halogenated alkanes) is 1. The summed E-state index contributed by atoms with van der Waals surface area (Å²) in [7, 11) is 0.0935. The van der Waals surface area contributed by atoms with Crippen LogP contribution in [-0.2, 0) is 10.0 Å². The Bertz CT molecular complexity index is 717. The summed E-state index contributed by atoms with van der Waals surface area (Å²) in [6.07, 6.45) is 2.08. The molecule has 2 rings (SSSR count). The van der Waals surface area contributed by atoms with Crippen LogP contribution in [-0.4, -0.2) is 64.7 Å². The van der Waals surface area contributed by atoms with Crippen LogP contribution in [0.1, 0.15) is 19.8 Å². The maximum Gasteiger partial charge on any atom is 0.243 e. The second-order valence-corrected chi connectivity index (χ2v) is 8.80. The summed E-state index contributed by atoms with van der Waals surface area (Å²) in [5.74, 6) is 0.548. The van der Waals surface area contributed by atoms with Crippen LogP contribution < -0.4 is 20.3 Å². The van der Waals surface area contributed by atoms with Crippen molar-refractivity contribution in [2.24, 2.45) is 0 Å². The monoisotopic (exact) mass is 401 g/mol. The third-order valence-corrected chi connectivity index (χ3v) is 6.59. The third-order valence-electron chi connectivity index (χ3n) is 4.45. The Morgan fingerprint density at radius 2 is 2.04 bits per heavy atom. The molecule has 26 heavy (non-hydrogen) atoms. The summed E-state index contributed by atoms with van der Waals surface area (Å²) in [4.78, 5) is 1.59. The van der Waals surface area contributed by atoms with Crippen LogP contribution in [0.4, 0.5) is 5.69 Å². The van der Waals surface area contributed by atoms with E-state index in [1.165, 1.54) is 4.90 Å². The number of quaternary nitrogens is 1. The van der Waals surface area contributed by atoms with Crippen molar-refractivity contribution < 1.29 is 18.1 Å². The van der Waals surface area contributed by atoms with E-state index in [2.05, 4.69) is 24.6 Å². The quantitative estimate of drug-likeness (QED) is 0.451. The van der Waals surface area contributed by atoms with E-state index in [4.69, 9.17) is 17.0 Å². The Balaban J connectivity index is 2.18. The standard InChI is InChI=1S/C17H28N4O3S2/c1-4-5-8-18-17(25)19-15-13-14(6-7-16(15)24-3)26(22,23)21-11-9-20(2)10-12-21/h6-7,13H,4-5,8-12H2,1-3H3,(H2,18,19,25)/p+1. The summed E-state index contributed by atoms with van der Waals surface area (Å²) in [6.45, 7) is 5.55. The highest BCUT2D eigenvalue weighted by Crippen LogP contribution is 2.29. The number of hydrogen-bond acceptors (Lipinski definition) is 4. The normalized spacial score (nSPS) is 16.3. The number of thiocarbonyl (C=S) groups is 1. The Labute approximate surface area is 161 Å². The van der Waals surface area contributed by atoms with Gasteiger partial charge >= 0.3 is 0 Å². The lowest BCUT2D eigenvalue weighted by Gasteiger charge is -2.29. The molecule has 0 bridgehead atoms. The Morgan fingerprint density at radius 1 is 1.35 bits per heavy atom. The Kier molecular flexibility index (Phi) is 7.63. The van der Waals surface area contributed by atoms with Gasteiger partial charge in [-0.3, -0.25) is 0 Å². The molecular formula is C17H29N4O3S2+. The van der Waals surface area contributed by atoms with Crippen molar-refractivity contribution in [3.63, 3.8) is 0 Å². The fraction of sp³-hybridized carbons (Fsp3) is 0.588. The lowest BCUT2D eigenvalue weighted by Crippen LogP contribution is -3.12. The molecule has 9 heteroatoms. The third kappa shape index (κ3) is 5.29. The van der Waals surface area contributed by atoms with E-state index in [9.17, 15) is 8.42 Å². The number of piperazine rings is 1. The molecular weight excluding hydrogens is 372 g/mol. The lowest BCUT2D eigenvalue weighted by atomic mass is 10.3. The van der Waals surface area contributed by atoms with E-state index in [1.54, 1.807) is 29.6 Å². The number of methoxy groups -OCH3 is 1. The van der Waals surface area contributed by atoms with Crippen molar-refractivity contribution >= 4 is 33.0 Å². The van der Waals surface area contributed by atoms with Gasteiger partial charge in [-0.25, -0.2) is 8.42 Å². The zero-order valence-electron chi connectivity index (χ0n) is 15.7. The number of likely N-dealkylation sites (N-methyl/N-ethyl adjacent to an activating group) is 1. The molecule has 0 saturated carbocycles. The molecule has 3 N–H and O–H groups in total. The van der Waals surface area contributed by atoms with E-state index in [0.29, 0.717) is 29.6 Å². The fourth-order valence-corrected chi connectivity index (χ4v) is 4.43. The van der Waals surface area contributed by atoms with Gasteiger partial charge in [0.1, 0.15) is 5.75 Å². The van der Waals surface area contributed by atoms with Gasteiger partial charge in [0.25, 0.3) is 0 Å². The lowest BCUT2D eigenvalue weighted by molar-refractivity contribution is -0.883. The van der Waals surface area contributed by atoms with Gasteiger partial charge in [0.15, 0.2) is 5.11 Å². The average Bonchev–Trinajstić information content (AvgIpc) is 2.62. The van der Waals surface area contributed by atoms with E-state index in [0.717, 1.165) is 32.5 Å². The van der Waals surface area contributed by atoms with E-state index in [-0.39, 0.29) is 4.90 Å². The summed E-state index contributed by atoms with van der Waals surface area (Å²) >= 11 is 5.29. The van der Waals surface area contributed by atoms with E-state index >= 15 is 0 Å². The van der Waals surface area contributed by atoms with Crippen LogP contribution in [0.5, 0.6) is 5.75 Å². The molecule has 1 fully saturated rings.